The van der Waals surface area contributed by atoms with Gasteiger partial charge in [-0.05, 0) is 32.5 Å². The SMILES string of the molecule is CCNC(C)c1c(OC)cccc1N(C)C(C)COC. The van der Waals surface area contributed by atoms with Crippen molar-refractivity contribution in [2.24, 2.45) is 0 Å². The van der Waals surface area contributed by atoms with E-state index in [0.29, 0.717) is 12.6 Å². The van der Waals surface area contributed by atoms with Crippen LogP contribution >= 0.6 is 0 Å². The molecule has 114 valence electrons. The minimum absolute atomic E-state index is 0.239. The van der Waals surface area contributed by atoms with Gasteiger partial charge in [0, 0.05) is 37.5 Å². The molecule has 2 unspecified atom stereocenters. The summed E-state index contributed by atoms with van der Waals surface area (Å²) in [5, 5.41) is 3.46. The predicted octanol–water partition coefficient (Wildman–Crippen LogP) is 2.84. The van der Waals surface area contributed by atoms with Crippen LogP contribution in [0, 0.1) is 0 Å². The van der Waals surface area contributed by atoms with Crippen molar-refractivity contribution < 1.29 is 9.47 Å². The van der Waals surface area contributed by atoms with E-state index >= 15 is 0 Å². The van der Waals surface area contributed by atoms with Gasteiger partial charge in [0.05, 0.1) is 13.7 Å². The number of methoxy groups -OCH3 is 2. The summed E-state index contributed by atoms with van der Waals surface area (Å²) in [4.78, 5) is 2.25. The van der Waals surface area contributed by atoms with Gasteiger partial charge < -0.3 is 19.7 Å². The summed E-state index contributed by atoms with van der Waals surface area (Å²) >= 11 is 0. The van der Waals surface area contributed by atoms with Crippen LogP contribution in [-0.4, -0.2) is 40.5 Å². The zero-order chi connectivity index (χ0) is 15.1. The molecule has 0 aliphatic carbocycles. The Morgan fingerprint density at radius 3 is 2.50 bits per heavy atom. The molecule has 0 saturated carbocycles. The number of hydrogen-bond donors (Lipinski definition) is 1. The molecule has 0 radical (unpaired) electrons. The maximum Gasteiger partial charge on any atom is 0.125 e. The van der Waals surface area contributed by atoms with Gasteiger partial charge in [-0.2, -0.15) is 0 Å². The molecule has 0 amide bonds. The third kappa shape index (κ3) is 3.87. The van der Waals surface area contributed by atoms with Gasteiger partial charge in [0.15, 0.2) is 0 Å². The Balaban J connectivity index is 3.17. The summed E-state index contributed by atoms with van der Waals surface area (Å²) in [7, 11) is 5.55. The molecule has 0 fully saturated rings. The van der Waals surface area contributed by atoms with Crippen LogP contribution in [0.5, 0.6) is 5.75 Å². The maximum atomic E-state index is 5.55. The van der Waals surface area contributed by atoms with Crippen molar-refractivity contribution in [1.82, 2.24) is 5.32 Å². The lowest BCUT2D eigenvalue weighted by Gasteiger charge is -2.31. The van der Waals surface area contributed by atoms with E-state index in [-0.39, 0.29) is 6.04 Å². The van der Waals surface area contributed by atoms with Crippen LogP contribution in [0.25, 0.3) is 0 Å². The van der Waals surface area contributed by atoms with Gasteiger partial charge in [0.25, 0.3) is 0 Å². The van der Waals surface area contributed by atoms with Crippen molar-refractivity contribution in [3.8, 4) is 5.75 Å². The Morgan fingerprint density at radius 2 is 1.95 bits per heavy atom. The smallest absolute Gasteiger partial charge is 0.125 e. The van der Waals surface area contributed by atoms with E-state index in [0.717, 1.165) is 12.3 Å². The van der Waals surface area contributed by atoms with E-state index < -0.39 is 0 Å². The number of rotatable bonds is 8. The summed E-state index contributed by atoms with van der Waals surface area (Å²) in [5.74, 6) is 0.924. The lowest BCUT2D eigenvalue weighted by molar-refractivity contribution is 0.183. The minimum atomic E-state index is 0.239. The number of nitrogens with one attached hydrogen (secondary N) is 1. The Morgan fingerprint density at radius 1 is 1.25 bits per heavy atom. The average Bonchev–Trinajstić information content (AvgIpc) is 2.46. The van der Waals surface area contributed by atoms with Crippen molar-refractivity contribution in [3.63, 3.8) is 0 Å². The largest absolute Gasteiger partial charge is 0.496 e. The van der Waals surface area contributed by atoms with Crippen molar-refractivity contribution in [3.05, 3.63) is 23.8 Å². The summed E-state index contributed by atoms with van der Waals surface area (Å²) in [6.45, 7) is 8.06. The first-order valence-corrected chi connectivity index (χ1v) is 7.18. The van der Waals surface area contributed by atoms with E-state index in [9.17, 15) is 0 Å². The molecular weight excluding hydrogens is 252 g/mol. The fourth-order valence-corrected chi connectivity index (χ4v) is 2.45. The van der Waals surface area contributed by atoms with Crippen LogP contribution in [0.4, 0.5) is 5.69 Å². The van der Waals surface area contributed by atoms with Gasteiger partial charge in [-0.15, -0.1) is 0 Å². The minimum Gasteiger partial charge on any atom is -0.496 e. The zero-order valence-electron chi connectivity index (χ0n) is 13.6. The maximum absolute atomic E-state index is 5.55. The van der Waals surface area contributed by atoms with E-state index in [1.165, 1.54) is 11.3 Å². The fourth-order valence-electron chi connectivity index (χ4n) is 2.45. The molecular formula is C16H28N2O2. The molecule has 0 saturated heterocycles. The van der Waals surface area contributed by atoms with Crippen molar-refractivity contribution >= 4 is 5.69 Å². The van der Waals surface area contributed by atoms with Gasteiger partial charge in [0.1, 0.15) is 5.75 Å². The van der Waals surface area contributed by atoms with Gasteiger partial charge in [-0.3, -0.25) is 0 Å². The third-order valence-corrected chi connectivity index (χ3v) is 3.66. The first kappa shape index (κ1) is 16.8. The highest BCUT2D eigenvalue weighted by atomic mass is 16.5. The highest BCUT2D eigenvalue weighted by Gasteiger charge is 2.20. The van der Waals surface area contributed by atoms with Gasteiger partial charge in [-0.1, -0.05) is 13.0 Å². The molecule has 4 nitrogen and oxygen atoms in total. The first-order valence-electron chi connectivity index (χ1n) is 7.18. The van der Waals surface area contributed by atoms with Crippen molar-refractivity contribution in [2.75, 3.05) is 39.3 Å². The molecule has 1 aromatic rings. The van der Waals surface area contributed by atoms with Crippen LogP contribution in [-0.2, 0) is 4.74 Å². The summed E-state index contributed by atoms with van der Waals surface area (Å²) in [6, 6.07) is 6.73. The topological polar surface area (TPSA) is 33.7 Å². The van der Waals surface area contributed by atoms with Crippen LogP contribution in [0.3, 0.4) is 0 Å². The van der Waals surface area contributed by atoms with Gasteiger partial charge >= 0.3 is 0 Å². The Hall–Kier alpha value is -1.26. The molecule has 1 aromatic carbocycles. The van der Waals surface area contributed by atoms with Gasteiger partial charge in [-0.25, -0.2) is 0 Å². The van der Waals surface area contributed by atoms with Crippen LogP contribution in [0.1, 0.15) is 32.4 Å². The van der Waals surface area contributed by atoms with Gasteiger partial charge in [0.2, 0.25) is 0 Å². The Labute approximate surface area is 123 Å². The van der Waals surface area contributed by atoms with E-state index in [4.69, 9.17) is 9.47 Å². The number of anilines is 1. The van der Waals surface area contributed by atoms with Crippen LogP contribution < -0.4 is 15.0 Å². The highest BCUT2D eigenvalue weighted by Crippen LogP contribution is 2.34. The number of likely N-dealkylation sites (N-methyl/N-ethyl adjacent to an activating group) is 1. The van der Waals surface area contributed by atoms with Crippen LogP contribution in [0.2, 0.25) is 0 Å². The van der Waals surface area contributed by atoms with E-state index in [2.05, 4.69) is 44.1 Å². The van der Waals surface area contributed by atoms with Crippen molar-refractivity contribution in [2.45, 2.75) is 32.9 Å². The lowest BCUT2D eigenvalue weighted by atomic mass is 10.0. The van der Waals surface area contributed by atoms with Crippen molar-refractivity contribution in [1.29, 1.82) is 0 Å². The Kier molecular flexibility index (Phi) is 6.82. The van der Waals surface area contributed by atoms with Crippen LogP contribution in [0.15, 0.2) is 18.2 Å². The van der Waals surface area contributed by atoms with E-state index in [1.807, 2.05) is 12.1 Å². The standard InChI is InChI=1S/C16H28N2O2/c1-7-17-13(3)16-14(9-8-10-15(16)20-6)18(4)12(2)11-19-5/h8-10,12-13,17H,7,11H2,1-6H3. The molecule has 0 heterocycles. The second kappa shape index (κ2) is 8.12. The first-order chi connectivity index (χ1) is 9.56. The molecule has 0 spiro atoms. The normalized spacial score (nSPS) is 13.9. The summed E-state index contributed by atoms with van der Waals surface area (Å²) < 4.78 is 10.8. The molecule has 4 heteroatoms. The quantitative estimate of drug-likeness (QED) is 0.794. The monoisotopic (exact) mass is 280 g/mol. The molecule has 20 heavy (non-hydrogen) atoms. The fraction of sp³-hybridized carbons (Fsp3) is 0.625. The molecule has 0 aromatic heterocycles. The predicted molar refractivity (Wildman–Crippen MR) is 84.8 cm³/mol. The molecule has 1 N–H and O–H groups in total. The lowest BCUT2D eigenvalue weighted by Crippen LogP contribution is -2.34. The number of hydrogen-bond acceptors (Lipinski definition) is 4. The number of nitrogens with zero attached hydrogens (tertiary/aromatic N) is 1. The van der Waals surface area contributed by atoms with E-state index in [1.54, 1.807) is 14.2 Å². The Bertz CT molecular complexity index is 409. The second-order valence-corrected chi connectivity index (χ2v) is 5.09. The second-order valence-electron chi connectivity index (χ2n) is 5.09. The molecule has 0 bridgehead atoms. The third-order valence-electron chi connectivity index (χ3n) is 3.66. The summed E-state index contributed by atoms with van der Waals surface area (Å²) in [6.07, 6.45) is 0. The molecule has 2 atom stereocenters. The molecule has 1 rings (SSSR count). The number of ether oxygens (including phenoxy) is 2. The highest BCUT2D eigenvalue weighted by molar-refractivity contribution is 5.61. The molecule has 0 aliphatic heterocycles. The summed E-state index contributed by atoms with van der Waals surface area (Å²) in [5.41, 5.74) is 2.38. The zero-order valence-corrected chi connectivity index (χ0v) is 13.6. The average molecular weight is 280 g/mol. The molecule has 0 aliphatic rings. The number of benzene rings is 1.